The molecule has 0 atom stereocenters. The molecule has 2 amide bonds. The first-order chi connectivity index (χ1) is 8.18. The van der Waals surface area contributed by atoms with Gasteiger partial charge in [0.1, 0.15) is 0 Å². The van der Waals surface area contributed by atoms with Crippen LogP contribution in [0.1, 0.15) is 20.7 Å². The Balaban J connectivity index is 2.12. The van der Waals surface area contributed by atoms with E-state index < -0.39 is 0 Å². The lowest BCUT2D eigenvalue weighted by Gasteiger charge is -2.09. The maximum atomic E-state index is 12.1. The fourth-order valence-corrected chi connectivity index (χ4v) is 1.92. The van der Waals surface area contributed by atoms with Crippen LogP contribution in [-0.4, -0.2) is 21.6 Å². The molecule has 0 unspecified atom stereocenters. The third kappa shape index (κ3) is 1.29. The van der Waals surface area contributed by atoms with Crippen LogP contribution in [0.4, 0.5) is 5.82 Å². The average Bonchev–Trinajstić information content (AvgIpc) is 2.84. The van der Waals surface area contributed by atoms with E-state index in [-0.39, 0.29) is 11.8 Å². The van der Waals surface area contributed by atoms with Gasteiger partial charge in [-0.05, 0) is 12.1 Å². The molecular weight excluding hydrogens is 218 g/mol. The largest absolute Gasteiger partial charge is 0.274 e. The molecule has 1 aliphatic rings. The highest BCUT2D eigenvalue weighted by atomic mass is 16.2. The number of imide groups is 1. The molecule has 0 fully saturated rings. The fourth-order valence-electron chi connectivity index (χ4n) is 1.92. The number of carbonyl (C=O) groups excluding carboxylic acids is 2. The maximum absolute atomic E-state index is 12.1. The Morgan fingerprint density at radius 3 is 2.06 bits per heavy atom. The summed E-state index contributed by atoms with van der Waals surface area (Å²) in [6.07, 6.45) is 1.69. The molecule has 17 heavy (non-hydrogen) atoms. The third-order valence-electron chi connectivity index (χ3n) is 2.72. The molecule has 0 radical (unpaired) electrons. The topological polar surface area (TPSA) is 55.2 Å². The monoisotopic (exact) mass is 227 g/mol. The fraction of sp³-hybridized carbons (Fsp3) is 0.0833. The molecule has 5 nitrogen and oxygen atoms in total. The van der Waals surface area contributed by atoms with Crippen LogP contribution in [0, 0.1) is 0 Å². The van der Waals surface area contributed by atoms with Crippen molar-refractivity contribution in [1.82, 2.24) is 9.78 Å². The summed E-state index contributed by atoms with van der Waals surface area (Å²) in [5.41, 5.74) is 0.867. The van der Waals surface area contributed by atoms with Gasteiger partial charge in [0.25, 0.3) is 11.8 Å². The zero-order chi connectivity index (χ0) is 12.0. The van der Waals surface area contributed by atoms with E-state index in [2.05, 4.69) is 5.10 Å². The van der Waals surface area contributed by atoms with Gasteiger partial charge in [-0.15, -0.1) is 0 Å². The van der Waals surface area contributed by atoms with Gasteiger partial charge in [0.15, 0.2) is 5.82 Å². The Labute approximate surface area is 97.3 Å². The number of hydrogen-bond donors (Lipinski definition) is 0. The van der Waals surface area contributed by atoms with Crippen molar-refractivity contribution >= 4 is 17.6 Å². The number of amides is 2. The molecule has 0 saturated carbocycles. The van der Waals surface area contributed by atoms with E-state index in [1.165, 1.54) is 0 Å². The highest BCUT2D eigenvalue weighted by Crippen LogP contribution is 2.26. The number of hydrogen-bond acceptors (Lipinski definition) is 3. The van der Waals surface area contributed by atoms with Gasteiger partial charge in [0.2, 0.25) is 0 Å². The van der Waals surface area contributed by atoms with Crippen molar-refractivity contribution in [2.24, 2.45) is 7.05 Å². The number of aryl methyl sites for hydroxylation is 1. The molecule has 1 aliphatic heterocycles. The van der Waals surface area contributed by atoms with Gasteiger partial charge in [0, 0.05) is 19.3 Å². The van der Waals surface area contributed by atoms with Crippen LogP contribution >= 0.6 is 0 Å². The van der Waals surface area contributed by atoms with Crippen molar-refractivity contribution < 1.29 is 9.59 Å². The van der Waals surface area contributed by atoms with Gasteiger partial charge in [-0.2, -0.15) is 5.10 Å². The molecule has 5 heteroatoms. The number of rotatable bonds is 1. The Morgan fingerprint density at radius 2 is 1.59 bits per heavy atom. The molecule has 84 valence electrons. The van der Waals surface area contributed by atoms with Crippen molar-refractivity contribution in [3.63, 3.8) is 0 Å². The minimum absolute atomic E-state index is 0.315. The molecule has 0 spiro atoms. The second-order valence-electron chi connectivity index (χ2n) is 3.84. The average molecular weight is 227 g/mol. The molecule has 1 aromatic carbocycles. The lowest BCUT2D eigenvalue weighted by atomic mass is 10.1. The molecule has 0 N–H and O–H groups in total. The minimum atomic E-state index is -0.315. The number of nitrogens with zero attached hydrogens (tertiary/aromatic N) is 3. The minimum Gasteiger partial charge on any atom is -0.274 e. The summed E-state index contributed by atoms with van der Waals surface area (Å²) in [7, 11) is 1.74. The first-order valence-corrected chi connectivity index (χ1v) is 5.16. The zero-order valence-corrected chi connectivity index (χ0v) is 9.12. The van der Waals surface area contributed by atoms with Crippen LogP contribution in [0.25, 0.3) is 0 Å². The van der Waals surface area contributed by atoms with Gasteiger partial charge in [-0.3, -0.25) is 14.3 Å². The zero-order valence-electron chi connectivity index (χ0n) is 9.12. The summed E-state index contributed by atoms with van der Waals surface area (Å²) in [5, 5.41) is 4.08. The van der Waals surface area contributed by atoms with Crippen molar-refractivity contribution in [3.05, 3.63) is 47.7 Å². The van der Waals surface area contributed by atoms with E-state index in [1.807, 2.05) is 0 Å². The lowest BCUT2D eigenvalue weighted by molar-refractivity contribution is 0.0925. The van der Waals surface area contributed by atoms with Gasteiger partial charge < -0.3 is 0 Å². The van der Waals surface area contributed by atoms with Gasteiger partial charge >= 0.3 is 0 Å². The van der Waals surface area contributed by atoms with Gasteiger partial charge in [-0.1, -0.05) is 12.1 Å². The Morgan fingerprint density at radius 1 is 1.00 bits per heavy atom. The summed E-state index contributed by atoms with van der Waals surface area (Å²) < 4.78 is 1.55. The summed E-state index contributed by atoms with van der Waals surface area (Å²) in [6, 6.07) is 8.43. The highest BCUT2D eigenvalue weighted by molar-refractivity contribution is 6.34. The second-order valence-corrected chi connectivity index (χ2v) is 3.84. The van der Waals surface area contributed by atoms with E-state index in [1.54, 1.807) is 48.3 Å². The molecule has 3 rings (SSSR count). The van der Waals surface area contributed by atoms with Crippen LogP contribution in [0.3, 0.4) is 0 Å². The molecular formula is C12H9N3O2. The van der Waals surface area contributed by atoms with Crippen LogP contribution in [0.2, 0.25) is 0 Å². The predicted octanol–water partition coefficient (Wildman–Crippen LogP) is 1.22. The standard InChI is InChI=1S/C12H9N3O2/c1-14-7-6-10(13-14)15-11(16)8-4-2-3-5-9(8)12(15)17/h2-7H,1H3. The van der Waals surface area contributed by atoms with Crippen molar-refractivity contribution in [3.8, 4) is 0 Å². The Bertz CT molecular complexity index is 595. The van der Waals surface area contributed by atoms with Crippen LogP contribution in [-0.2, 0) is 7.05 Å². The predicted molar refractivity (Wildman–Crippen MR) is 60.8 cm³/mol. The summed E-state index contributed by atoms with van der Waals surface area (Å²) in [4.78, 5) is 25.2. The summed E-state index contributed by atoms with van der Waals surface area (Å²) >= 11 is 0. The van der Waals surface area contributed by atoms with E-state index >= 15 is 0 Å². The third-order valence-corrected chi connectivity index (χ3v) is 2.72. The summed E-state index contributed by atoms with van der Waals surface area (Å²) in [5.74, 6) is -0.271. The molecule has 0 bridgehead atoms. The summed E-state index contributed by atoms with van der Waals surface area (Å²) in [6.45, 7) is 0. The Hall–Kier alpha value is -2.43. The molecule has 2 heterocycles. The van der Waals surface area contributed by atoms with Gasteiger partial charge in [0.05, 0.1) is 11.1 Å². The van der Waals surface area contributed by atoms with Crippen LogP contribution < -0.4 is 4.90 Å². The van der Waals surface area contributed by atoms with E-state index in [9.17, 15) is 9.59 Å². The van der Waals surface area contributed by atoms with Crippen molar-refractivity contribution in [1.29, 1.82) is 0 Å². The van der Waals surface area contributed by atoms with E-state index in [0.717, 1.165) is 4.90 Å². The van der Waals surface area contributed by atoms with Crippen LogP contribution in [0.5, 0.6) is 0 Å². The number of anilines is 1. The Kier molecular flexibility index (Phi) is 1.89. The number of fused-ring (bicyclic) bond motifs is 1. The highest BCUT2D eigenvalue weighted by Gasteiger charge is 2.37. The quantitative estimate of drug-likeness (QED) is 0.688. The molecule has 0 aliphatic carbocycles. The first kappa shape index (κ1) is 9.77. The van der Waals surface area contributed by atoms with E-state index in [0.29, 0.717) is 16.9 Å². The smallest absolute Gasteiger partial charge is 0.267 e. The molecule has 0 saturated heterocycles. The molecule has 2 aromatic rings. The number of aromatic nitrogens is 2. The van der Waals surface area contributed by atoms with Crippen LogP contribution in [0.15, 0.2) is 36.5 Å². The van der Waals surface area contributed by atoms with Crippen molar-refractivity contribution in [2.45, 2.75) is 0 Å². The first-order valence-electron chi connectivity index (χ1n) is 5.16. The van der Waals surface area contributed by atoms with Crippen molar-refractivity contribution in [2.75, 3.05) is 4.90 Å². The second kappa shape index (κ2) is 3.28. The molecule has 1 aromatic heterocycles. The number of benzene rings is 1. The normalized spacial score (nSPS) is 14.3. The SMILES string of the molecule is Cn1ccc(N2C(=O)c3ccccc3C2=O)n1. The maximum Gasteiger partial charge on any atom is 0.267 e. The van der Waals surface area contributed by atoms with E-state index in [4.69, 9.17) is 0 Å². The van der Waals surface area contributed by atoms with Gasteiger partial charge in [-0.25, -0.2) is 4.90 Å². The lowest BCUT2D eigenvalue weighted by Crippen LogP contribution is -2.29. The number of carbonyl (C=O) groups is 2.